The van der Waals surface area contributed by atoms with Gasteiger partial charge in [-0.25, -0.2) is 0 Å². The average molecular weight is 687 g/mol. The molecule has 0 aliphatic heterocycles. The van der Waals surface area contributed by atoms with Gasteiger partial charge >= 0.3 is 0 Å². The van der Waals surface area contributed by atoms with Gasteiger partial charge in [-0.1, -0.05) is 152 Å². The number of fused-ring (bicyclic) bond motifs is 7. The minimum absolute atomic E-state index is 1.15. The van der Waals surface area contributed by atoms with E-state index in [-0.39, 0.29) is 0 Å². The van der Waals surface area contributed by atoms with Crippen molar-refractivity contribution in [2.24, 2.45) is 0 Å². The lowest BCUT2D eigenvalue weighted by Gasteiger charge is -2.15. The van der Waals surface area contributed by atoms with Crippen molar-refractivity contribution in [3.05, 3.63) is 206 Å². The number of hydrogen-bond donors (Lipinski definition) is 0. The molecule has 252 valence electrons. The van der Waals surface area contributed by atoms with Crippen molar-refractivity contribution in [2.45, 2.75) is 0 Å². The van der Waals surface area contributed by atoms with Crippen LogP contribution in [0.2, 0.25) is 0 Å². The predicted octanol–water partition coefficient (Wildman–Crippen LogP) is 14.0. The molecule has 0 aliphatic carbocycles. The predicted molar refractivity (Wildman–Crippen MR) is 229 cm³/mol. The van der Waals surface area contributed by atoms with E-state index in [1.807, 2.05) is 0 Å². The highest BCUT2D eigenvalue weighted by Gasteiger charge is 2.21. The fourth-order valence-electron chi connectivity index (χ4n) is 8.63. The van der Waals surface area contributed by atoms with Gasteiger partial charge in [0.05, 0.1) is 22.1 Å². The summed E-state index contributed by atoms with van der Waals surface area (Å²) < 4.78 is 4.89. The fraction of sp³-hybridized carbons (Fsp3) is 0. The van der Waals surface area contributed by atoms with Crippen LogP contribution < -0.4 is 0 Å². The molecule has 9 aromatic carbocycles. The second-order valence-electron chi connectivity index (χ2n) is 14.1. The van der Waals surface area contributed by atoms with Crippen LogP contribution in [0.25, 0.3) is 99.1 Å². The standard InChI is InChI=1S/C52H34N2/c1-3-13-35(14-4-1)37-23-28-41(29-24-37)53-48-21-11-9-19-44(48)46-34-40(27-32-50(46)53)51-43-18-8-7-17-39(43)33-47-45-20-10-12-22-49(45)54(52(47)51)42-30-25-38(26-31-42)36-15-5-2-6-16-36/h1-34H. The van der Waals surface area contributed by atoms with E-state index >= 15 is 0 Å². The zero-order chi connectivity index (χ0) is 35.6. The summed E-state index contributed by atoms with van der Waals surface area (Å²) in [7, 11) is 0. The average Bonchev–Trinajstić information content (AvgIpc) is 3.76. The summed E-state index contributed by atoms with van der Waals surface area (Å²) in [6.07, 6.45) is 0. The number of hydrogen-bond acceptors (Lipinski definition) is 0. The summed E-state index contributed by atoms with van der Waals surface area (Å²) in [6, 6.07) is 75.2. The van der Waals surface area contributed by atoms with Gasteiger partial charge in [-0.2, -0.15) is 0 Å². The Hall–Kier alpha value is -7.16. The highest BCUT2D eigenvalue weighted by atomic mass is 15.0. The van der Waals surface area contributed by atoms with E-state index in [9.17, 15) is 0 Å². The number of benzene rings is 9. The van der Waals surface area contributed by atoms with Crippen LogP contribution in [-0.4, -0.2) is 9.13 Å². The Morgan fingerprint density at radius 3 is 1.33 bits per heavy atom. The van der Waals surface area contributed by atoms with Crippen LogP contribution in [0.3, 0.4) is 0 Å². The molecule has 0 spiro atoms. The van der Waals surface area contributed by atoms with E-state index in [4.69, 9.17) is 0 Å². The molecule has 0 saturated heterocycles. The topological polar surface area (TPSA) is 9.86 Å². The van der Waals surface area contributed by atoms with E-state index < -0.39 is 0 Å². The number of aromatic nitrogens is 2. The number of rotatable bonds is 5. The Kier molecular flexibility index (Phi) is 6.90. The Bertz CT molecular complexity index is 3170. The third kappa shape index (κ3) is 4.74. The number of nitrogens with zero attached hydrogens (tertiary/aromatic N) is 2. The minimum Gasteiger partial charge on any atom is -0.309 e. The largest absolute Gasteiger partial charge is 0.309 e. The van der Waals surface area contributed by atoms with Gasteiger partial charge < -0.3 is 9.13 Å². The maximum atomic E-state index is 2.48. The van der Waals surface area contributed by atoms with Crippen LogP contribution in [0, 0.1) is 0 Å². The maximum absolute atomic E-state index is 2.48. The summed E-state index contributed by atoms with van der Waals surface area (Å²) >= 11 is 0. The molecular weight excluding hydrogens is 653 g/mol. The second kappa shape index (κ2) is 12.2. The molecule has 2 heteroatoms. The third-order valence-electron chi connectivity index (χ3n) is 11.1. The smallest absolute Gasteiger partial charge is 0.0625 e. The van der Waals surface area contributed by atoms with Crippen LogP contribution in [-0.2, 0) is 0 Å². The van der Waals surface area contributed by atoms with Gasteiger partial charge in [0.25, 0.3) is 0 Å². The first-order valence-corrected chi connectivity index (χ1v) is 18.6. The first kappa shape index (κ1) is 30.5. The molecule has 0 saturated carbocycles. The van der Waals surface area contributed by atoms with Crippen LogP contribution in [0.5, 0.6) is 0 Å². The first-order chi connectivity index (χ1) is 26.8. The summed E-state index contributed by atoms with van der Waals surface area (Å²) in [4.78, 5) is 0. The third-order valence-corrected chi connectivity index (χ3v) is 11.1. The van der Waals surface area contributed by atoms with E-state index in [1.165, 1.54) is 87.8 Å². The summed E-state index contributed by atoms with van der Waals surface area (Å²) in [5.41, 5.74) is 14.4. The number of para-hydroxylation sites is 2. The van der Waals surface area contributed by atoms with E-state index in [1.54, 1.807) is 0 Å². The molecule has 11 rings (SSSR count). The molecule has 0 N–H and O–H groups in total. The van der Waals surface area contributed by atoms with Gasteiger partial charge in [0.15, 0.2) is 0 Å². The van der Waals surface area contributed by atoms with E-state index in [0.717, 1.165) is 11.4 Å². The first-order valence-electron chi connectivity index (χ1n) is 18.6. The molecule has 0 fully saturated rings. The molecule has 2 nitrogen and oxygen atoms in total. The summed E-state index contributed by atoms with van der Waals surface area (Å²) in [6.45, 7) is 0. The molecule has 0 unspecified atom stereocenters. The van der Waals surface area contributed by atoms with Gasteiger partial charge in [0, 0.05) is 38.5 Å². The summed E-state index contributed by atoms with van der Waals surface area (Å²) in [5.74, 6) is 0. The molecule has 54 heavy (non-hydrogen) atoms. The van der Waals surface area contributed by atoms with Crippen molar-refractivity contribution in [2.75, 3.05) is 0 Å². The van der Waals surface area contributed by atoms with Crippen LogP contribution >= 0.6 is 0 Å². The zero-order valence-corrected chi connectivity index (χ0v) is 29.5. The van der Waals surface area contributed by atoms with Gasteiger partial charge in [0.2, 0.25) is 0 Å². The molecule has 2 aromatic heterocycles. The minimum atomic E-state index is 1.15. The summed E-state index contributed by atoms with van der Waals surface area (Å²) in [5, 5.41) is 7.48. The quantitative estimate of drug-likeness (QED) is 0.171. The molecular formula is C52H34N2. The lowest BCUT2D eigenvalue weighted by Crippen LogP contribution is -1.97. The van der Waals surface area contributed by atoms with Crippen molar-refractivity contribution in [3.8, 4) is 44.8 Å². The molecule has 0 amide bonds. The van der Waals surface area contributed by atoms with Gasteiger partial charge in [-0.05, 0) is 93.2 Å². The highest BCUT2D eigenvalue weighted by molar-refractivity contribution is 6.22. The van der Waals surface area contributed by atoms with Crippen molar-refractivity contribution < 1.29 is 0 Å². The monoisotopic (exact) mass is 686 g/mol. The van der Waals surface area contributed by atoms with E-state index in [0.29, 0.717) is 0 Å². The highest BCUT2D eigenvalue weighted by Crippen LogP contribution is 2.44. The molecule has 2 heterocycles. The molecule has 0 aliphatic rings. The fourth-order valence-corrected chi connectivity index (χ4v) is 8.63. The lowest BCUT2D eigenvalue weighted by molar-refractivity contribution is 1.18. The Balaban J connectivity index is 1.16. The lowest BCUT2D eigenvalue weighted by atomic mass is 9.93. The Morgan fingerprint density at radius 1 is 0.259 bits per heavy atom. The van der Waals surface area contributed by atoms with Crippen molar-refractivity contribution in [1.29, 1.82) is 0 Å². The maximum Gasteiger partial charge on any atom is 0.0625 e. The zero-order valence-electron chi connectivity index (χ0n) is 29.5. The van der Waals surface area contributed by atoms with Crippen LogP contribution in [0.15, 0.2) is 206 Å². The van der Waals surface area contributed by atoms with E-state index in [2.05, 4.69) is 215 Å². The molecule has 0 atom stereocenters. The Labute approximate surface area is 313 Å². The van der Waals surface area contributed by atoms with Crippen molar-refractivity contribution in [3.63, 3.8) is 0 Å². The molecule has 0 radical (unpaired) electrons. The van der Waals surface area contributed by atoms with Gasteiger partial charge in [-0.15, -0.1) is 0 Å². The molecule has 0 bridgehead atoms. The Morgan fingerprint density at radius 2 is 0.704 bits per heavy atom. The molecule has 11 aromatic rings. The van der Waals surface area contributed by atoms with Crippen LogP contribution in [0.1, 0.15) is 0 Å². The van der Waals surface area contributed by atoms with Crippen LogP contribution in [0.4, 0.5) is 0 Å². The second-order valence-corrected chi connectivity index (χ2v) is 14.1. The van der Waals surface area contributed by atoms with Crippen molar-refractivity contribution >= 4 is 54.4 Å². The van der Waals surface area contributed by atoms with Gasteiger partial charge in [-0.3, -0.25) is 0 Å². The SMILES string of the molecule is c1ccc(-c2ccc(-n3c4ccccc4c4cc(-c5c6ccccc6cc6c7ccccc7n(-c7ccc(-c8ccccc8)cc7)c56)ccc43)cc2)cc1. The van der Waals surface area contributed by atoms with Gasteiger partial charge in [0.1, 0.15) is 0 Å². The normalized spacial score (nSPS) is 11.7. The van der Waals surface area contributed by atoms with Crippen molar-refractivity contribution in [1.82, 2.24) is 9.13 Å².